The van der Waals surface area contributed by atoms with Gasteiger partial charge in [-0.1, -0.05) is 18.5 Å². The highest BCUT2D eigenvalue weighted by Crippen LogP contribution is 2.34. The predicted molar refractivity (Wildman–Crippen MR) is 111 cm³/mol. The third kappa shape index (κ3) is 4.64. The Balaban J connectivity index is 1.28. The lowest BCUT2D eigenvalue weighted by atomic mass is 9.81. The van der Waals surface area contributed by atoms with E-state index in [0.29, 0.717) is 45.1 Å². The van der Waals surface area contributed by atoms with Crippen molar-refractivity contribution in [2.24, 2.45) is 5.41 Å². The van der Waals surface area contributed by atoms with E-state index in [0.717, 1.165) is 19.3 Å². The number of urea groups is 1. The van der Waals surface area contributed by atoms with Crippen LogP contribution in [0, 0.1) is 11.2 Å². The Kier molecular flexibility index (Phi) is 6.06. The topological polar surface area (TPSA) is 73.9 Å². The first-order valence-corrected chi connectivity index (χ1v) is 10.9. The number of piperidine rings is 2. The Morgan fingerprint density at radius 1 is 1.27 bits per heavy atom. The van der Waals surface area contributed by atoms with E-state index in [1.165, 1.54) is 12.1 Å². The molecular weight excluding hydrogens is 411 g/mol. The second-order valence-electron chi connectivity index (χ2n) is 8.84. The summed E-state index contributed by atoms with van der Waals surface area (Å²) >= 11 is 6.05. The highest BCUT2D eigenvalue weighted by Gasteiger charge is 2.38. The summed E-state index contributed by atoms with van der Waals surface area (Å²) < 4.78 is 19.1. The maximum Gasteiger partial charge on any atom is 0.320 e. The van der Waals surface area contributed by atoms with Crippen LogP contribution < -0.4 is 15.4 Å². The second-order valence-corrected chi connectivity index (χ2v) is 9.25. The fourth-order valence-corrected chi connectivity index (χ4v) is 4.65. The van der Waals surface area contributed by atoms with Gasteiger partial charge in [-0.05, 0) is 37.5 Å². The summed E-state index contributed by atoms with van der Waals surface area (Å²) in [6, 6.07) is 4.38. The molecule has 2 N–H and O–H groups in total. The Morgan fingerprint density at radius 3 is 2.77 bits per heavy atom. The largest absolute Gasteiger partial charge is 0.491 e. The van der Waals surface area contributed by atoms with Gasteiger partial charge in [-0.15, -0.1) is 0 Å². The number of hydrogen-bond donors (Lipinski definition) is 2. The van der Waals surface area contributed by atoms with Gasteiger partial charge in [0.15, 0.2) is 0 Å². The Hall–Kier alpha value is -2.06. The molecule has 1 aromatic carbocycles. The molecule has 4 rings (SSSR count). The summed E-state index contributed by atoms with van der Waals surface area (Å²) in [4.78, 5) is 28.4. The number of likely N-dealkylation sites (tertiary alicyclic amines) is 2. The van der Waals surface area contributed by atoms with E-state index in [-0.39, 0.29) is 34.5 Å². The van der Waals surface area contributed by atoms with Crippen LogP contribution in [0.3, 0.4) is 0 Å². The zero-order valence-corrected chi connectivity index (χ0v) is 17.9. The van der Waals surface area contributed by atoms with Crippen LogP contribution in [0.4, 0.5) is 9.18 Å². The summed E-state index contributed by atoms with van der Waals surface area (Å²) in [6.45, 7) is 5.51. The molecule has 0 spiro atoms. The highest BCUT2D eigenvalue weighted by atomic mass is 35.5. The lowest BCUT2D eigenvalue weighted by Gasteiger charge is -2.45. The Morgan fingerprint density at radius 2 is 2.03 bits per heavy atom. The van der Waals surface area contributed by atoms with Gasteiger partial charge in [0.1, 0.15) is 11.6 Å². The quantitative estimate of drug-likeness (QED) is 0.759. The molecule has 9 heteroatoms. The molecule has 3 amide bonds. The number of hydrogen-bond acceptors (Lipinski definition) is 4. The summed E-state index contributed by atoms with van der Waals surface area (Å²) in [5.74, 6) is 0.0716. The van der Waals surface area contributed by atoms with Gasteiger partial charge in [-0.25, -0.2) is 9.18 Å². The lowest BCUT2D eigenvalue weighted by molar-refractivity contribution is -0.123. The minimum atomic E-state index is -0.391. The van der Waals surface area contributed by atoms with Crippen LogP contribution in [0.25, 0.3) is 0 Å². The van der Waals surface area contributed by atoms with Crippen molar-refractivity contribution in [2.45, 2.75) is 38.3 Å². The number of carbonyl (C=O) groups excluding carboxylic acids is 2. The highest BCUT2D eigenvalue weighted by molar-refractivity contribution is 6.32. The van der Waals surface area contributed by atoms with Crippen LogP contribution in [0.2, 0.25) is 5.02 Å². The first-order valence-electron chi connectivity index (χ1n) is 10.5. The van der Waals surface area contributed by atoms with E-state index in [4.69, 9.17) is 16.3 Å². The van der Waals surface area contributed by atoms with Gasteiger partial charge in [-0.2, -0.15) is 0 Å². The average molecular weight is 439 g/mol. The molecule has 0 saturated carbocycles. The van der Waals surface area contributed by atoms with Crippen LogP contribution in [-0.2, 0) is 4.79 Å². The Bertz CT molecular complexity index is 815. The fourth-order valence-electron chi connectivity index (χ4n) is 4.42. The molecule has 0 bridgehead atoms. The van der Waals surface area contributed by atoms with E-state index < -0.39 is 5.82 Å². The predicted octanol–water partition coefficient (Wildman–Crippen LogP) is 2.24. The van der Waals surface area contributed by atoms with Crippen molar-refractivity contribution in [2.75, 3.05) is 39.3 Å². The first kappa shape index (κ1) is 21.2. The summed E-state index contributed by atoms with van der Waals surface area (Å²) in [5, 5.41) is 6.51. The summed E-state index contributed by atoms with van der Waals surface area (Å²) in [7, 11) is 0. The van der Waals surface area contributed by atoms with Crippen molar-refractivity contribution in [1.29, 1.82) is 0 Å². The molecule has 0 unspecified atom stereocenters. The summed E-state index contributed by atoms with van der Waals surface area (Å²) in [5.41, 5.74) is -0.0806. The Labute approximate surface area is 180 Å². The minimum absolute atomic E-state index is 0.0134. The standard InChI is InChI=1S/C21H28ClFN4O3/c1-21(13-30-18-3-2-14(23)10-15(18)22)5-8-26(9-6-21)20(29)27-7-4-16-17(12-27)25-19(28)11-24-16/h2-3,10,16-17,24H,4-9,11-13H2,1H3,(H,25,28)/t16-,17+/m0/s1. The van der Waals surface area contributed by atoms with Crippen molar-refractivity contribution in [3.8, 4) is 5.75 Å². The van der Waals surface area contributed by atoms with E-state index in [9.17, 15) is 14.0 Å². The number of piperazine rings is 1. The molecule has 3 aliphatic rings. The van der Waals surface area contributed by atoms with Crippen LogP contribution in [0.5, 0.6) is 5.75 Å². The molecular formula is C21H28ClFN4O3. The van der Waals surface area contributed by atoms with Crippen molar-refractivity contribution in [3.05, 3.63) is 29.0 Å². The number of nitrogens with zero attached hydrogens (tertiary/aromatic N) is 2. The molecule has 3 saturated heterocycles. The molecule has 1 aromatic rings. The van der Waals surface area contributed by atoms with Crippen molar-refractivity contribution >= 4 is 23.5 Å². The van der Waals surface area contributed by atoms with Gasteiger partial charge in [0, 0.05) is 37.6 Å². The molecule has 30 heavy (non-hydrogen) atoms. The minimum Gasteiger partial charge on any atom is -0.491 e. The third-order valence-electron chi connectivity index (χ3n) is 6.47. The molecule has 2 atom stereocenters. The molecule has 0 aliphatic carbocycles. The van der Waals surface area contributed by atoms with Gasteiger partial charge in [0.25, 0.3) is 0 Å². The number of nitrogens with one attached hydrogen (secondary N) is 2. The molecule has 0 radical (unpaired) electrons. The number of fused-ring (bicyclic) bond motifs is 1. The zero-order chi connectivity index (χ0) is 21.3. The van der Waals surface area contributed by atoms with E-state index in [2.05, 4.69) is 17.6 Å². The van der Waals surface area contributed by atoms with Crippen LogP contribution in [0.15, 0.2) is 18.2 Å². The number of rotatable bonds is 3. The average Bonchev–Trinajstić information content (AvgIpc) is 2.72. The van der Waals surface area contributed by atoms with E-state index >= 15 is 0 Å². The lowest BCUT2D eigenvalue weighted by Crippen LogP contribution is -2.67. The normalized spacial score (nSPS) is 26.0. The third-order valence-corrected chi connectivity index (χ3v) is 6.76. The number of carbonyl (C=O) groups is 2. The number of amides is 3. The van der Waals surface area contributed by atoms with Gasteiger partial charge in [-0.3, -0.25) is 4.79 Å². The van der Waals surface area contributed by atoms with Crippen molar-refractivity contribution in [1.82, 2.24) is 20.4 Å². The maximum atomic E-state index is 13.2. The van der Waals surface area contributed by atoms with Gasteiger partial charge in [0.05, 0.1) is 24.2 Å². The molecule has 3 aliphatic heterocycles. The summed E-state index contributed by atoms with van der Waals surface area (Å²) in [6.07, 6.45) is 2.47. The van der Waals surface area contributed by atoms with Crippen molar-refractivity contribution < 1.29 is 18.7 Å². The van der Waals surface area contributed by atoms with Crippen molar-refractivity contribution in [3.63, 3.8) is 0 Å². The van der Waals surface area contributed by atoms with E-state index in [1.54, 1.807) is 6.07 Å². The fraction of sp³-hybridized carbons (Fsp3) is 0.619. The monoisotopic (exact) mass is 438 g/mol. The van der Waals surface area contributed by atoms with Crippen LogP contribution >= 0.6 is 11.6 Å². The SMILES string of the molecule is CC1(COc2ccc(F)cc2Cl)CCN(C(=O)N2CC[C@@H]3NCC(=O)N[C@@H]3C2)CC1. The van der Waals surface area contributed by atoms with Gasteiger partial charge >= 0.3 is 6.03 Å². The molecule has 164 valence electrons. The smallest absolute Gasteiger partial charge is 0.320 e. The first-order chi connectivity index (χ1) is 14.3. The second kappa shape index (κ2) is 8.59. The van der Waals surface area contributed by atoms with Gasteiger partial charge in [0.2, 0.25) is 5.91 Å². The molecule has 7 nitrogen and oxygen atoms in total. The number of benzene rings is 1. The number of halogens is 2. The van der Waals surface area contributed by atoms with E-state index in [1.807, 2.05) is 9.80 Å². The van der Waals surface area contributed by atoms with Gasteiger partial charge < -0.3 is 25.2 Å². The zero-order valence-electron chi connectivity index (χ0n) is 17.1. The maximum absolute atomic E-state index is 13.2. The molecule has 3 fully saturated rings. The van der Waals surface area contributed by atoms with Crippen LogP contribution in [0.1, 0.15) is 26.2 Å². The number of ether oxygens (including phenoxy) is 1. The van der Waals surface area contributed by atoms with Crippen LogP contribution in [-0.4, -0.2) is 73.2 Å². The molecule has 3 heterocycles. The molecule has 0 aromatic heterocycles.